The zero-order valence-electron chi connectivity index (χ0n) is 18.1. The summed E-state index contributed by atoms with van der Waals surface area (Å²) in [6, 6.07) is 12.3. The number of halogens is 1. The van der Waals surface area contributed by atoms with Crippen LogP contribution in [0.15, 0.2) is 42.5 Å². The van der Waals surface area contributed by atoms with Crippen LogP contribution in [0.1, 0.15) is 25.3 Å². The molecule has 0 atom stereocenters. The Morgan fingerprint density at radius 2 is 1.77 bits per heavy atom. The minimum atomic E-state index is -3.47. The number of nitrogens with one attached hydrogen (secondary N) is 1. The monoisotopic (exact) mass is 468 g/mol. The summed E-state index contributed by atoms with van der Waals surface area (Å²) in [7, 11) is -3.47. The molecular formula is C22H29ClN2O5S. The SMILES string of the molecule is CCOc1ccc(N(CCCC(=O)NCCOc2ccc(C)c(Cl)c2)S(C)(=O)=O)cc1. The van der Waals surface area contributed by atoms with Gasteiger partial charge >= 0.3 is 0 Å². The number of benzene rings is 2. The van der Waals surface area contributed by atoms with E-state index in [-0.39, 0.29) is 18.9 Å². The highest BCUT2D eigenvalue weighted by Gasteiger charge is 2.17. The van der Waals surface area contributed by atoms with Gasteiger partial charge in [-0.1, -0.05) is 17.7 Å². The Morgan fingerprint density at radius 1 is 1.10 bits per heavy atom. The first-order chi connectivity index (χ1) is 14.7. The van der Waals surface area contributed by atoms with Crippen molar-refractivity contribution < 1.29 is 22.7 Å². The van der Waals surface area contributed by atoms with Gasteiger partial charge in [0.1, 0.15) is 18.1 Å². The Balaban J connectivity index is 1.77. The van der Waals surface area contributed by atoms with E-state index in [1.807, 2.05) is 26.0 Å². The van der Waals surface area contributed by atoms with Crippen molar-refractivity contribution in [2.75, 3.05) is 36.9 Å². The quantitative estimate of drug-likeness (QED) is 0.479. The van der Waals surface area contributed by atoms with Crippen molar-refractivity contribution in [3.05, 3.63) is 53.1 Å². The number of aryl methyl sites for hydroxylation is 1. The lowest BCUT2D eigenvalue weighted by atomic mass is 10.2. The first kappa shape index (κ1) is 24.8. The molecule has 1 N–H and O–H groups in total. The molecule has 0 unspecified atom stereocenters. The second kappa shape index (κ2) is 11.8. The van der Waals surface area contributed by atoms with E-state index in [4.69, 9.17) is 21.1 Å². The Hall–Kier alpha value is -2.45. The van der Waals surface area contributed by atoms with Crippen molar-refractivity contribution in [1.29, 1.82) is 0 Å². The van der Waals surface area contributed by atoms with Crippen molar-refractivity contribution in [2.24, 2.45) is 0 Å². The highest BCUT2D eigenvalue weighted by molar-refractivity contribution is 7.92. The van der Waals surface area contributed by atoms with Gasteiger partial charge in [-0.05, 0) is 62.2 Å². The van der Waals surface area contributed by atoms with E-state index in [9.17, 15) is 13.2 Å². The largest absolute Gasteiger partial charge is 0.494 e. The van der Waals surface area contributed by atoms with Crippen LogP contribution in [0.3, 0.4) is 0 Å². The number of amides is 1. The van der Waals surface area contributed by atoms with Crippen LogP contribution < -0.4 is 19.1 Å². The van der Waals surface area contributed by atoms with Gasteiger partial charge in [0, 0.05) is 18.0 Å². The van der Waals surface area contributed by atoms with E-state index >= 15 is 0 Å². The molecule has 0 aliphatic rings. The van der Waals surface area contributed by atoms with E-state index in [2.05, 4.69) is 5.32 Å². The van der Waals surface area contributed by atoms with E-state index in [1.54, 1.807) is 30.3 Å². The number of sulfonamides is 1. The summed E-state index contributed by atoms with van der Waals surface area (Å²) in [6.45, 7) is 5.19. The molecule has 31 heavy (non-hydrogen) atoms. The van der Waals surface area contributed by atoms with Crippen LogP contribution in [-0.4, -0.2) is 46.9 Å². The van der Waals surface area contributed by atoms with Crippen LogP contribution in [0.5, 0.6) is 11.5 Å². The summed E-state index contributed by atoms with van der Waals surface area (Å²) in [5.74, 6) is 1.16. The highest BCUT2D eigenvalue weighted by Crippen LogP contribution is 2.23. The van der Waals surface area contributed by atoms with Crippen LogP contribution in [0.4, 0.5) is 5.69 Å². The summed E-state index contributed by atoms with van der Waals surface area (Å²) in [5, 5.41) is 3.40. The molecule has 0 spiro atoms. The standard InChI is InChI=1S/C22H29ClN2O5S/c1-4-29-19-11-8-18(9-12-19)25(31(3,27)28)14-5-6-22(26)24-13-15-30-20-10-7-17(2)21(23)16-20/h7-12,16H,4-6,13-15H2,1-3H3,(H,24,26). The van der Waals surface area contributed by atoms with E-state index in [0.717, 1.165) is 11.8 Å². The molecule has 1 amide bonds. The van der Waals surface area contributed by atoms with Gasteiger partial charge < -0.3 is 14.8 Å². The molecule has 2 aromatic carbocycles. The number of ether oxygens (including phenoxy) is 2. The van der Waals surface area contributed by atoms with Crippen molar-refractivity contribution >= 4 is 33.2 Å². The third-order valence-corrected chi connectivity index (χ3v) is 6.04. The Kier molecular flexibility index (Phi) is 9.45. The maximum atomic E-state index is 12.2. The lowest BCUT2D eigenvalue weighted by molar-refractivity contribution is -0.121. The molecule has 2 rings (SSSR count). The highest BCUT2D eigenvalue weighted by atomic mass is 35.5. The molecule has 7 nitrogen and oxygen atoms in total. The van der Waals surface area contributed by atoms with Gasteiger partial charge in [0.25, 0.3) is 0 Å². The average molecular weight is 469 g/mol. The molecular weight excluding hydrogens is 440 g/mol. The van der Waals surface area contributed by atoms with Crippen LogP contribution in [-0.2, 0) is 14.8 Å². The predicted octanol–water partition coefficient (Wildman–Crippen LogP) is 3.79. The summed E-state index contributed by atoms with van der Waals surface area (Å²) in [6.07, 6.45) is 1.75. The van der Waals surface area contributed by atoms with Crippen molar-refractivity contribution in [3.8, 4) is 11.5 Å². The summed E-state index contributed by atoms with van der Waals surface area (Å²) < 4.78 is 36.6. The van der Waals surface area contributed by atoms with Crippen molar-refractivity contribution in [2.45, 2.75) is 26.7 Å². The summed E-state index contributed by atoms with van der Waals surface area (Å²) in [4.78, 5) is 12.1. The number of carbonyl (C=O) groups is 1. The maximum absolute atomic E-state index is 12.2. The normalized spacial score (nSPS) is 11.1. The Morgan fingerprint density at radius 3 is 2.39 bits per heavy atom. The molecule has 0 radical (unpaired) electrons. The Bertz CT molecular complexity index is 964. The van der Waals surface area contributed by atoms with Gasteiger partial charge in [0.15, 0.2) is 0 Å². The second-order valence-corrected chi connectivity index (χ2v) is 9.29. The molecule has 170 valence electrons. The van der Waals surface area contributed by atoms with E-state index in [1.165, 1.54) is 4.31 Å². The van der Waals surface area contributed by atoms with Crippen LogP contribution in [0.25, 0.3) is 0 Å². The molecule has 0 aromatic heterocycles. The smallest absolute Gasteiger partial charge is 0.232 e. The Labute approximate surface area is 189 Å². The molecule has 0 aliphatic heterocycles. The lowest BCUT2D eigenvalue weighted by Crippen LogP contribution is -2.32. The van der Waals surface area contributed by atoms with Crippen molar-refractivity contribution in [1.82, 2.24) is 5.32 Å². The summed E-state index contributed by atoms with van der Waals surface area (Å²) >= 11 is 6.06. The lowest BCUT2D eigenvalue weighted by Gasteiger charge is -2.22. The van der Waals surface area contributed by atoms with Crippen LogP contribution >= 0.6 is 11.6 Å². The molecule has 0 aliphatic carbocycles. The molecule has 0 heterocycles. The van der Waals surface area contributed by atoms with Crippen molar-refractivity contribution in [3.63, 3.8) is 0 Å². The molecule has 0 saturated heterocycles. The number of nitrogens with zero attached hydrogens (tertiary/aromatic N) is 1. The number of rotatable bonds is 12. The van der Waals surface area contributed by atoms with Gasteiger partial charge in [0.05, 0.1) is 25.1 Å². The van der Waals surface area contributed by atoms with Crippen LogP contribution in [0.2, 0.25) is 5.02 Å². The maximum Gasteiger partial charge on any atom is 0.232 e. The molecule has 0 saturated carbocycles. The van der Waals surface area contributed by atoms with Gasteiger partial charge in [0.2, 0.25) is 15.9 Å². The second-order valence-electron chi connectivity index (χ2n) is 6.97. The first-order valence-corrected chi connectivity index (χ1v) is 12.3. The zero-order valence-corrected chi connectivity index (χ0v) is 19.6. The number of hydrogen-bond donors (Lipinski definition) is 1. The third kappa shape index (κ3) is 8.30. The fourth-order valence-electron chi connectivity index (χ4n) is 2.86. The van der Waals surface area contributed by atoms with E-state index < -0.39 is 10.0 Å². The van der Waals surface area contributed by atoms with Gasteiger partial charge in [-0.15, -0.1) is 0 Å². The molecule has 2 aromatic rings. The minimum Gasteiger partial charge on any atom is -0.494 e. The zero-order chi connectivity index (χ0) is 22.9. The number of carbonyl (C=O) groups excluding carboxylic acids is 1. The summed E-state index contributed by atoms with van der Waals surface area (Å²) in [5.41, 5.74) is 1.51. The fourth-order valence-corrected chi connectivity index (χ4v) is 3.99. The minimum absolute atomic E-state index is 0.161. The molecule has 0 bridgehead atoms. The first-order valence-electron chi connectivity index (χ1n) is 10.1. The van der Waals surface area contributed by atoms with Crippen LogP contribution in [0, 0.1) is 6.92 Å². The fraction of sp³-hybridized carbons (Fsp3) is 0.409. The molecule has 9 heteroatoms. The molecule has 0 fully saturated rings. The number of hydrogen-bond acceptors (Lipinski definition) is 5. The number of anilines is 1. The van der Waals surface area contributed by atoms with Gasteiger partial charge in [-0.2, -0.15) is 0 Å². The van der Waals surface area contributed by atoms with Gasteiger partial charge in [-0.25, -0.2) is 8.42 Å². The van der Waals surface area contributed by atoms with E-state index in [0.29, 0.717) is 48.4 Å². The average Bonchev–Trinajstić information content (AvgIpc) is 2.71. The third-order valence-electron chi connectivity index (χ3n) is 4.44. The van der Waals surface area contributed by atoms with Gasteiger partial charge in [-0.3, -0.25) is 9.10 Å². The predicted molar refractivity (Wildman–Crippen MR) is 124 cm³/mol. The topological polar surface area (TPSA) is 84.9 Å².